The summed E-state index contributed by atoms with van der Waals surface area (Å²) < 4.78 is 11.1. The summed E-state index contributed by atoms with van der Waals surface area (Å²) in [6.07, 6.45) is 0.0614. The number of benzene rings is 2. The van der Waals surface area contributed by atoms with Crippen molar-refractivity contribution >= 4 is 11.7 Å². The summed E-state index contributed by atoms with van der Waals surface area (Å²) in [7, 11) is 1.50. The van der Waals surface area contributed by atoms with Crippen molar-refractivity contribution in [2.24, 2.45) is 5.16 Å². The van der Waals surface area contributed by atoms with Gasteiger partial charge in [0.15, 0.2) is 0 Å². The van der Waals surface area contributed by atoms with Crippen LogP contribution in [0.25, 0.3) is 0 Å². The molecule has 0 bridgehead atoms. The van der Waals surface area contributed by atoms with Gasteiger partial charge in [-0.1, -0.05) is 47.6 Å². The molecule has 0 spiro atoms. The Kier molecular flexibility index (Phi) is 5.53. The zero-order valence-electron chi connectivity index (χ0n) is 14.6. The van der Waals surface area contributed by atoms with Crippen molar-refractivity contribution in [3.05, 3.63) is 65.7 Å². The number of nitrogens with zero attached hydrogens (tertiary/aromatic N) is 1. The average Bonchev–Trinajstić information content (AvgIpc) is 2.63. The minimum absolute atomic E-state index is 0.0614. The Morgan fingerprint density at radius 2 is 1.85 bits per heavy atom. The molecular formula is C20H21NO5. The first-order chi connectivity index (χ1) is 12.6. The minimum Gasteiger partial charge on any atom is -0.487 e. The molecule has 0 atom stereocenters. The van der Waals surface area contributed by atoms with E-state index in [-0.39, 0.29) is 13.0 Å². The lowest BCUT2D eigenvalue weighted by molar-refractivity contribution is -0.145. The van der Waals surface area contributed by atoms with Crippen molar-refractivity contribution in [1.29, 1.82) is 0 Å². The molecule has 2 aromatic rings. The average molecular weight is 355 g/mol. The predicted octanol–water partition coefficient (Wildman–Crippen LogP) is 2.86. The molecule has 0 amide bonds. The molecule has 3 rings (SSSR count). The first-order valence-electron chi connectivity index (χ1n) is 8.31. The van der Waals surface area contributed by atoms with Crippen molar-refractivity contribution in [2.45, 2.75) is 11.8 Å². The van der Waals surface area contributed by atoms with E-state index in [1.165, 1.54) is 7.11 Å². The molecule has 0 unspecified atom stereocenters. The van der Waals surface area contributed by atoms with Crippen LogP contribution in [-0.4, -0.2) is 43.7 Å². The molecule has 0 aliphatic carbocycles. The molecule has 0 radical (unpaired) electrons. The van der Waals surface area contributed by atoms with E-state index < -0.39 is 11.4 Å². The van der Waals surface area contributed by atoms with Crippen LogP contribution in [0.4, 0.5) is 0 Å². The lowest BCUT2D eigenvalue weighted by Gasteiger charge is -2.40. The minimum atomic E-state index is -0.822. The molecule has 1 N–H and O–H groups in total. The Hall–Kier alpha value is -2.86. The molecule has 1 heterocycles. The molecule has 1 aliphatic heterocycles. The summed E-state index contributed by atoms with van der Waals surface area (Å²) in [6.45, 7) is 1.12. The second-order valence-corrected chi connectivity index (χ2v) is 6.24. The highest BCUT2D eigenvalue weighted by Gasteiger charge is 2.42. The van der Waals surface area contributed by atoms with Gasteiger partial charge in [0.1, 0.15) is 25.2 Å². The van der Waals surface area contributed by atoms with E-state index in [9.17, 15) is 4.79 Å². The van der Waals surface area contributed by atoms with Gasteiger partial charge >= 0.3 is 5.97 Å². The van der Waals surface area contributed by atoms with E-state index in [2.05, 4.69) is 5.16 Å². The van der Waals surface area contributed by atoms with Gasteiger partial charge in [-0.15, -0.1) is 0 Å². The van der Waals surface area contributed by atoms with Gasteiger partial charge in [-0.05, 0) is 17.7 Å². The zero-order valence-corrected chi connectivity index (χ0v) is 14.6. The number of ether oxygens (including phenoxy) is 2. The summed E-state index contributed by atoms with van der Waals surface area (Å²) in [6, 6.07) is 17.2. The molecule has 0 aromatic heterocycles. The Labute approximate surface area is 152 Å². The molecule has 1 fully saturated rings. The molecule has 1 saturated heterocycles. The maximum absolute atomic E-state index is 11.1. The van der Waals surface area contributed by atoms with Gasteiger partial charge in [-0.2, -0.15) is 0 Å². The molecule has 2 aromatic carbocycles. The first kappa shape index (κ1) is 17.9. The van der Waals surface area contributed by atoms with Gasteiger partial charge in [0.25, 0.3) is 0 Å². The van der Waals surface area contributed by atoms with Crippen LogP contribution in [0, 0.1) is 0 Å². The fraction of sp³-hybridized carbons (Fsp3) is 0.300. The van der Waals surface area contributed by atoms with Crippen LogP contribution in [0.5, 0.6) is 5.75 Å². The number of hydrogen-bond acceptors (Lipinski definition) is 5. The number of oxime groups is 1. The molecule has 26 heavy (non-hydrogen) atoms. The van der Waals surface area contributed by atoms with Gasteiger partial charge in [0, 0.05) is 5.56 Å². The highest BCUT2D eigenvalue weighted by molar-refractivity contribution is 6.01. The van der Waals surface area contributed by atoms with E-state index in [4.69, 9.17) is 19.4 Å². The third-order valence-corrected chi connectivity index (χ3v) is 4.40. The fourth-order valence-corrected chi connectivity index (χ4v) is 2.97. The number of carboxylic acids is 1. The number of hydrogen-bond donors (Lipinski definition) is 1. The number of rotatable bonds is 8. The SMILES string of the molecule is CO/N=C(/COc1ccc(C2(CC(=O)O)COC2)cc1)c1ccccc1. The van der Waals surface area contributed by atoms with Crippen molar-refractivity contribution < 1.29 is 24.2 Å². The molecule has 0 saturated carbocycles. The van der Waals surface area contributed by atoms with Crippen molar-refractivity contribution in [2.75, 3.05) is 26.9 Å². The largest absolute Gasteiger partial charge is 0.487 e. The smallest absolute Gasteiger partial charge is 0.304 e. The second kappa shape index (κ2) is 8.01. The molecule has 136 valence electrons. The van der Waals surface area contributed by atoms with Gasteiger partial charge in [0.05, 0.1) is 25.0 Å². The van der Waals surface area contributed by atoms with Crippen LogP contribution in [0.15, 0.2) is 59.8 Å². The lowest BCUT2D eigenvalue weighted by atomic mass is 9.76. The van der Waals surface area contributed by atoms with E-state index in [1.54, 1.807) is 0 Å². The van der Waals surface area contributed by atoms with Crippen molar-refractivity contribution in [1.82, 2.24) is 0 Å². The topological polar surface area (TPSA) is 77.4 Å². The Morgan fingerprint density at radius 1 is 1.15 bits per heavy atom. The van der Waals surface area contributed by atoms with Gasteiger partial charge in [-0.3, -0.25) is 4.79 Å². The highest BCUT2D eigenvalue weighted by atomic mass is 16.6. The first-order valence-corrected chi connectivity index (χ1v) is 8.31. The summed E-state index contributed by atoms with van der Waals surface area (Å²) in [5.41, 5.74) is 2.13. The fourth-order valence-electron chi connectivity index (χ4n) is 2.97. The van der Waals surface area contributed by atoms with Crippen LogP contribution >= 0.6 is 0 Å². The van der Waals surface area contributed by atoms with Gasteiger partial charge in [0.2, 0.25) is 0 Å². The Balaban J connectivity index is 1.67. The molecular weight excluding hydrogens is 334 g/mol. The van der Waals surface area contributed by atoms with E-state index in [0.717, 1.165) is 11.1 Å². The van der Waals surface area contributed by atoms with E-state index >= 15 is 0 Å². The number of carbonyl (C=O) groups is 1. The number of aliphatic carboxylic acids is 1. The predicted molar refractivity (Wildman–Crippen MR) is 96.7 cm³/mol. The monoisotopic (exact) mass is 355 g/mol. The van der Waals surface area contributed by atoms with Crippen LogP contribution in [0.2, 0.25) is 0 Å². The van der Waals surface area contributed by atoms with Crippen LogP contribution in [0.3, 0.4) is 0 Å². The van der Waals surface area contributed by atoms with Gasteiger partial charge < -0.3 is 19.4 Å². The zero-order chi connectivity index (χ0) is 18.4. The quantitative estimate of drug-likeness (QED) is 0.582. The van der Waals surface area contributed by atoms with Crippen LogP contribution in [0.1, 0.15) is 17.5 Å². The van der Waals surface area contributed by atoms with Gasteiger partial charge in [-0.25, -0.2) is 0 Å². The second-order valence-electron chi connectivity index (χ2n) is 6.24. The summed E-state index contributed by atoms with van der Waals surface area (Å²) >= 11 is 0. The normalized spacial score (nSPS) is 15.8. The summed E-state index contributed by atoms with van der Waals surface area (Å²) in [5, 5.41) is 13.2. The van der Waals surface area contributed by atoms with Crippen LogP contribution in [-0.2, 0) is 19.8 Å². The standard InChI is InChI=1S/C20H21NO5/c1-24-21-18(15-5-3-2-4-6-15)12-26-17-9-7-16(8-10-17)20(11-19(22)23)13-25-14-20/h2-10H,11-14H2,1H3,(H,22,23)/b21-18-. The third kappa shape index (κ3) is 4.03. The summed E-state index contributed by atoms with van der Waals surface area (Å²) in [5.74, 6) is -0.142. The number of carboxylic acid groups (broad SMARTS) is 1. The maximum Gasteiger partial charge on any atom is 0.304 e. The van der Waals surface area contributed by atoms with E-state index in [0.29, 0.717) is 24.7 Å². The van der Waals surface area contributed by atoms with E-state index in [1.807, 2.05) is 54.6 Å². The maximum atomic E-state index is 11.1. The molecule has 1 aliphatic rings. The highest BCUT2D eigenvalue weighted by Crippen LogP contribution is 2.36. The Bertz CT molecular complexity index is 767. The Morgan fingerprint density at radius 3 is 2.38 bits per heavy atom. The summed E-state index contributed by atoms with van der Waals surface area (Å²) in [4.78, 5) is 16.0. The van der Waals surface area contributed by atoms with Crippen LogP contribution < -0.4 is 4.74 Å². The van der Waals surface area contributed by atoms with Crippen molar-refractivity contribution in [3.8, 4) is 5.75 Å². The molecule has 6 nitrogen and oxygen atoms in total. The third-order valence-electron chi connectivity index (χ3n) is 4.40. The molecule has 6 heteroatoms. The van der Waals surface area contributed by atoms with Crippen molar-refractivity contribution in [3.63, 3.8) is 0 Å². The lowest BCUT2D eigenvalue weighted by Crippen LogP contribution is -2.48.